The minimum absolute atomic E-state index is 0.488. The van der Waals surface area contributed by atoms with Gasteiger partial charge in [0.25, 0.3) is 0 Å². The Morgan fingerprint density at radius 2 is 1.78 bits per heavy atom. The van der Waals surface area contributed by atoms with Crippen molar-refractivity contribution in [1.82, 2.24) is 14.7 Å². The summed E-state index contributed by atoms with van der Waals surface area (Å²) < 4.78 is 0. The lowest BCUT2D eigenvalue weighted by Crippen LogP contribution is -2.58. The monoisotopic (exact) mass is 255 g/mol. The van der Waals surface area contributed by atoms with Gasteiger partial charge in [0.05, 0.1) is 5.60 Å². The van der Waals surface area contributed by atoms with Crippen LogP contribution in [0, 0.1) is 0 Å². The van der Waals surface area contributed by atoms with Crippen molar-refractivity contribution in [2.75, 3.05) is 52.9 Å². The highest BCUT2D eigenvalue weighted by atomic mass is 16.3. The van der Waals surface area contributed by atoms with Gasteiger partial charge in [0.15, 0.2) is 0 Å². The first-order valence-corrected chi connectivity index (χ1v) is 7.36. The molecule has 2 heterocycles. The number of likely N-dealkylation sites (N-methyl/N-ethyl adjacent to an activating group) is 1. The number of piperidine rings is 1. The molecule has 0 aliphatic carbocycles. The number of β-amino-alcohol motifs (C(OH)–C–C–N with tert-alkyl or cyclic N) is 1. The molecule has 0 aromatic carbocycles. The van der Waals surface area contributed by atoms with Crippen molar-refractivity contribution in [3.63, 3.8) is 0 Å². The van der Waals surface area contributed by atoms with E-state index in [1.54, 1.807) is 0 Å². The number of likely N-dealkylation sites (tertiary alicyclic amines) is 1. The standard InChI is InChI=1S/C14H29N3O/c1-13(2)17-6-4-5-14(18,12-17)11-16-9-7-15(3)8-10-16/h13,18H,4-12H2,1-3H3/t14-/m0/s1. The first kappa shape index (κ1) is 14.3. The Balaban J connectivity index is 1.86. The zero-order valence-corrected chi connectivity index (χ0v) is 12.2. The molecule has 0 aromatic rings. The molecule has 0 spiro atoms. The largest absolute Gasteiger partial charge is 0.387 e. The van der Waals surface area contributed by atoms with Crippen LogP contribution in [0.2, 0.25) is 0 Å². The topological polar surface area (TPSA) is 30.0 Å². The van der Waals surface area contributed by atoms with Crippen molar-refractivity contribution < 1.29 is 5.11 Å². The lowest BCUT2D eigenvalue weighted by atomic mass is 9.91. The second kappa shape index (κ2) is 5.87. The maximum atomic E-state index is 10.8. The summed E-state index contributed by atoms with van der Waals surface area (Å²) in [7, 11) is 2.17. The molecule has 0 bridgehead atoms. The van der Waals surface area contributed by atoms with Crippen LogP contribution in [0.4, 0.5) is 0 Å². The Kier molecular flexibility index (Phi) is 4.64. The Morgan fingerprint density at radius 1 is 1.11 bits per heavy atom. The fourth-order valence-electron chi connectivity index (χ4n) is 3.14. The Morgan fingerprint density at radius 3 is 2.39 bits per heavy atom. The summed E-state index contributed by atoms with van der Waals surface area (Å²) in [6.07, 6.45) is 2.09. The normalized spacial score (nSPS) is 33.2. The first-order chi connectivity index (χ1) is 8.48. The lowest BCUT2D eigenvalue weighted by Gasteiger charge is -2.44. The van der Waals surface area contributed by atoms with Gasteiger partial charge in [0, 0.05) is 45.3 Å². The number of hydrogen-bond acceptors (Lipinski definition) is 4. The number of piperazine rings is 1. The van der Waals surface area contributed by atoms with Gasteiger partial charge in [-0.15, -0.1) is 0 Å². The van der Waals surface area contributed by atoms with E-state index in [0.717, 1.165) is 58.7 Å². The third-order valence-electron chi connectivity index (χ3n) is 4.43. The van der Waals surface area contributed by atoms with Gasteiger partial charge in [-0.1, -0.05) is 0 Å². The molecular formula is C14H29N3O. The second-order valence-electron chi connectivity index (χ2n) is 6.47. The molecule has 106 valence electrons. The summed E-state index contributed by atoms with van der Waals surface area (Å²) in [4.78, 5) is 7.21. The van der Waals surface area contributed by atoms with Crippen molar-refractivity contribution >= 4 is 0 Å². The van der Waals surface area contributed by atoms with E-state index in [1.165, 1.54) is 0 Å². The smallest absolute Gasteiger partial charge is 0.0900 e. The van der Waals surface area contributed by atoms with Gasteiger partial charge < -0.3 is 10.0 Å². The third-order valence-corrected chi connectivity index (χ3v) is 4.43. The van der Waals surface area contributed by atoms with Crippen molar-refractivity contribution in [2.24, 2.45) is 0 Å². The van der Waals surface area contributed by atoms with Crippen molar-refractivity contribution in [1.29, 1.82) is 0 Å². The SMILES string of the molecule is CC(C)N1CCC[C@](O)(CN2CCN(C)CC2)C1. The van der Waals surface area contributed by atoms with Crippen molar-refractivity contribution in [2.45, 2.75) is 38.3 Å². The Bertz CT molecular complexity index is 264. The molecule has 2 saturated heterocycles. The molecule has 0 aromatic heterocycles. The second-order valence-corrected chi connectivity index (χ2v) is 6.47. The summed E-state index contributed by atoms with van der Waals surface area (Å²) in [6, 6.07) is 0.546. The Labute approximate surface area is 112 Å². The average Bonchev–Trinajstić information content (AvgIpc) is 2.32. The molecule has 18 heavy (non-hydrogen) atoms. The number of aliphatic hydroxyl groups is 1. The van der Waals surface area contributed by atoms with Gasteiger partial charge in [-0.3, -0.25) is 9.80 Å². The zero-order valence-electron chi connectivity index (χ0n) is 12.2. The van der Waals surface area contributed by atoms with Crippen LogP contribution in [0.1, 0.15) is 26.7 Å². The molecule has 0 unspecified atom stereocenters. The van der Waals surface area contributed by atoms with Gasteiger partial charge in [-0.25, -0.2) is 0 Å². The minimum atomic E-state index is -0.488. The van der Waals surface area contributed by atoms with Gasteiger partial charge in [0.1, 0.15) is 0 Å². The molecule has 2 aliphatic rings. The number of hydrogen-bond donors (Lipinski definition) is 1. The number of rotatable bonds is 3. The van der Waals surface area contributed by atoms with Crippen LogP contribution in [0.5, 0.6) is 0 Å². The highest BCUT2D eigenvalue weighted by Gasteiger charge is 2.36. The molecule has 2 aliphatic heterocycles. The van der Waals surface area contributed by atoms with Crippen molar-refractivity contribution in [3.05, 3.63) is 0 Å². The molecule has 2 fully saturated rings. The maximum Gasteiger partial charge on any atom is 0.0900 e. The van der Waals surface area contributed by atoms with Crippen LogP contribution in [-0.2, 0) is 0 Å². The van der Waals surface area contributed by atoms with Crippen LogP contribution < -0.4 is 0 Å². The van der Waals surface area contributed by atoms with Crippen LogP contribution in [0.3, 0.4) is 0 Å². The van der Waals surface area contributed by atoms with E-state index in [-0.39, 0.29) is 0 Å². The first-order valence-electron chi connectivity index (χ1n) is 7.36. The van der Waals surface area contributed by atoms with Crippen LogP contribution in [-0.4, -0.2) is 84.3 Å². The molecule has 0 amide bonds. The molecule has 4 heteroatoms. The molecule has 2 rings (SSSR count). The van der Waals surface area contributed by atoms with E-state index in [2.05, 4.69) is 35.6 Å². The zero-order chi connectivity index (χ0) is 13.2. The summed E-state index contributed by atoms with van der Waals surface area (Å²) >= 11 is 0. The maximum absolute atomic E-state index is 10.8. The molecule has 4 nitrogen and oxygen atoms in total. The van der Waals surface area contributed by atoms with Gasteiger partial charge in [-0.05, 0) is 40.3 Å². The van der Waals surface area contributed by atoms with Crippen LogP contribution in [0.15, 0.2) is 0 Å². The van der Waals surface area contributed by atoms with E-state index in [0.29, 0.717) is 6.04 Å². The predicted molar refractivity (Wildman–Crippen MR) is 74.8 cm³/mol. The highest BCUT2D eigenvalue weighted by molar-refractivity contribution is 4.91. The molecule has 1 N–H and O–H groups in total. The number of nitrogens with zero attached hydrogens (tertiary/aromatic N) is 3. The summed E-state index contributed by atoms with van der Waals surface area (Å²) in [5.41, 5.74) is -0.488. The average molecular weight is 255 g/mol. The van der Waals surface area contributed by atoms with E-state index in [1.807, 2.05) is 0 Å². The fraction of sp³-hybridized carbons (Fsp3) is 1.00. The molecule has 0 saturated carbocycles. The van der Waals surface area contributed by atoms with Crippen LogP contribution >= 0.6 is 0 Å². The van der Waals surface area contributed by atoms with Crippen molar-refractivity contribution in [3.8, 4) is 0 Å². The third kappa shape index (κ3) is 3.67. The predicted octanol–water partition coefficient (Wildman–Crippen LogP) is 0.469. The molecule has 1 atom stereocenters. The molecule has 0 radical (unpaired) electrons. The van der Waals surface area contributed by atoms with Gasteiger partial charge in [-0.2, -0.15) is 0 Å². The van der Waals surface area contributed by atoms with Gasteiger partial charge >= 0.3 is 0 Å². The molecular weight excluding hydrogens is 226 g/mol. The van der Waals surface area contributed by atoms with E-state index < -0.39 is 5.60 Å². The Hall–Kier alpha value is -0.160. The van der Waals surface area contributed by atoms with E-state index in [9.17, 15) is 5.11 Å². The summed E-state index contributed by atoms with van der Waals surface area (Å²) in [6.45, 7) is 11.7. The summed E-state index contributed by atoms with van der Waals surface area (Å²) in [5, 5.41) is 10.8. The van der Waals surface area contributed by atoms with E-state index >= 15 is 0 Å². The quantitative estimate of drug-likeness (QED) is 0.794. The lowest BCUT2D eigenvalue weighted by molar-refractivity contribution is -0.0653. The van der Waals surface area contributed by atoms with E-state index in [4.69, 9.17) is 0 Å². The van der Waals surface area contributed by atoms with Crippen LogP contribution in [0.25, 0.3) is 0 Å². The highest BCUT2D eigenvalue weighted by Crippen LogP contribution is 2.24. The minimum Gasteiger partial charge on any atom is -0.387 e. The van der Waals surface area contributed by atoms with Gasteiger partial charge in [0.2, 0.25) is 0 Å². The summed E-state index contributed by atoms with van der Waals surface area (Å²) in [5.74, 6) is 0. The fourth-order valence-corrected chi connectivity index (χ4v) is 3.14.